The Morgan fingerprint density at radius 2 is 1.93 bits per heavy atom. The first-order valence-electron chi connectivity index (χ1n) is 7.59. The number of alkyl halides is 3. The molecule has 0 spiro atoms. The SMILES string of the molecule is NC(=O)N(c1ccc(C(F)(F)F)c(Cl)c1)c1ccnc2cccc([N+](=O)[O-])c12. The quantitative estimate of drug-likeness (QED) is 0.483. The predicted octanol–water partition coefficient (Wildman–Crippen LogP) is 5.03. The van der Waals surface area contributed by atoms with Gasteiger partial charge in [-0.3, -0.25) is 20.0 Å². The summed E-state index contributed by atoms with van der Waals surface area (Å²) in [5.41, 5.74) is 4.10. The first kappa shape index (κ1) is 19.4. The van der Waals surface area contributed by atoms with Gasteiger partial charge in [-0.05, 0) is 30.3 Å². The highest BCUT2D eigenvalue weighted by atomic mass is 35.5. The maximum absolute atomic E-state index is 12.9. The summed E-state index contributed by atoms with van der Waals surface area (Å²) in [5.74, 6) is 0. The minimum Gasteiger partial charge on any atom is -0.351 e. The number of pyridine rings is 1. The van der Waals surface area contributed by atoms with Gasteiger partial charge in [0, 0.05) is 12.3 Å². The first-order chi connectivity index (χ1) is 13.1. The van der Waals surface area contributed by atoms with E-state index in [0.29, 0.717) is 6.07 Å². The number of benzene rings is 2. The fraction of sp³-hybridized carbons (Fsp3) is 0.0588. The molecule has 0 aliphatic rings. The van der Waals surface area contributed by atoms with Crippen LogP contribution in [0.3, 0.4) is 0 Å². The largest absolute Gasteiger partial charge is 0.417 e. The van der Waals surface area contributed by atoms with Gasteiger partial charge in [0.05, 0.1) is 32.4 Å². The third-order valence-electron chi connectivity index (χ3n) is 3.90. The molecule has 0 aliphatic carbocycles. The summed E-state index contributed by atoms with van der Waals surface area (Å²) in [5, 5.41) is 10.8. The van der Waals surface area contributed by atoms with Crippen molar-refractivity contribution in [3.05, 3.63) is 69.4 Å². The van der Waals surface area contributed by atoms with Crippen LogP contribution in [-0.2, 0) is 6.18 Å². The number of amides is 2. The van der Waals surface area contributed by atoms with E-state index in [1.807, 2.05) is 0 Å². The van der Waals surface area contributed by atoms with Crippen LogP contribution >= 0.6 is 11.6 Å². The van der Waals surface area contributed by atoms with Gasteiger partial charge in [-0.2, -0.15) is 13.2 Å². The minimum atomic E-state index is -4.69. The lowest BCUT2D eigenvalue weighted by molar-refractivity contribution is -0.383. The number of rotatable bonds is 3. The fourth-order valence-electron chi connectivity index (χ4n) is 2.77. The molecule has 7 nitrogen and oxygen atoms in total. The first-order valence-corrected chi connectivity index (χ1v) is 7.97. The number of nitro groups is 1. The summed E-state index contributed by atoms with van der Waals surface area (Å²) < 4.78 is 38.8. The van der Waals surface area contributed by atoms with Crippen LogP contribution < -0.4 is 10.6 Å². The Bertz CT molecular complexity index is 1100. The van der Waals surface area contributed by atoms with Crippen LogP contribution in [0.2, 0.25) is 5.02 Å². The van der Waals surface area contributed by atoms with E-state index in [4.69, 9.17) is 17.3 Å². The van der Waals surface area contributed by atoms with E-state index in [1.54, 1.807) is 0 Å². The van der Waals surface area contributed by atoms with E-state index in [-0.39, 0.29) is 28.0 Å². The summed E-state index contributed by atoms with van der Waals surface area (Å²) in [4.78, 5) is 27.7. The number of halogens is 4. The topological polar surface area (TPSA) is 102 Å². The highest BCUT2D eigenvalue weighted by Crippen LogP contribution is 2.40. The lowest BCUT2D eigenvalue weighted by Crippen LogP contribution is -2.31. The Labute approximate surface area is 160 Å². The van der Waals surface area contributed by atoms with Gasteiger partial charge in [0.2, 0.25) is 0 Å². The molecule has 0 aliphatic heterocycles. The van der Waals surface area contributed by atoms with Crippen molar-refractivity contribution in [2.45, 2.75) is 6.18 Å². The van der Waals surface area contributed by atoms with Crippen molar-refractivity contribution in [1.29, 1.82) is 0 Å². The normalized spacial score (nSPS) is 11.4. The maximum atomic E-state index is 12.9. The van der Waals surface area contributed by atoms with Crippen LogP contribution in [0.5, 0.6) is 0 Å². The highest BCUT2D eigenvalue weighted by molar-refractivity contribution is 6.32. The lowest BCUT2D eigenvalue weighted by atomic mass is 10.1. The molecule has 2 N–H and O–H groups in total. The minimum absolute atomic E-state index is 0.00446. The molecular formula is C17H10ClF3N4O3. The van der Waals surface area contributed by atoms with Gasteiger partial charge in [0.1, 0.15) is 5.39 Å². The summed E-state index contributed by atoms with van der Waals surface area (Å²) >= 11 is 5.73. The van der Waals surface area contributed by atoms with Crippen LogP contribution in [0.15, 0.2) is 48.7 Å². The third-order valence-corrected chi connectivity index (χ3v) is 4.21. The van der Waals surface area contributed by atoms with Crippen LogP contribution in [0.4, 0.5) is 35.0 Å². The van der Waals surface area contributed by atoms with Gasteiger partial charge in [-0.15, -0.1) is 0 Å². The molecule has 1 aromatic heterocycles. The second kappa shape index (κ2) is 6.97. The van der Waals surface area contributed by atoms with Gasteiger partial charge < -0.3 is 5.73 Å². The number of fused-ring (bicyclic) bond motifs is 1. The zero-order chi connectivity index (χ0) is 20.6. The Balaban J connectivity index is 2.27. The number of nitro benzene ring substituents is 1. The summed E-state index contributed by atoms with van der Waals surface area (Å²) in [6.07, 6.45) is -3.39. The average molecular weight is 411 g/mol. The van der Waals surface area contributed by atoms with Crippen LogP contribution in [0.1, 0.15) is 5.56 Å². The summed E-state index contributed by atoms with van der Waals surface area (Å²) in [7, 11) is 0. The van der Waals surface area contributed by atoms with Crippen molar-refractivity contribution in [3.63, 3.8) is 0 Å². The molecule has 1 heterocycles. The van der Waals surface area contributed by atoms with Crippen molar-refractivity contribution in [3.8, 4) is 0 Å². The molecule has 11 heteroatoms. The lowest BCUT2D eigenvalue weighted by Gasteiger charge is -2.23. The standard InChI is InChI=1S/C17H10ClF3N4O3/c18-11-8-9(4-5-10(11)17(19,20)21)24(16(22)26)13-6-7-23-12-2-1-3-14(15(12)13)25(27)28/h1-8H,(H2,22,26). The second-order valence-electron chi connectivity index (χ2n) is 5.59. The van der Waals surface area contributed by atoms with Crippen LogP contribution in [0, 0.1) is 10.1 Å². The Morgan fingerprint density at radius 1 is 1.21 bits per heavy atom. The monoisotopic (exact) mass is 410 g/mol. The molecule has 2 aromatic carbocycles. The smallest absolute Gasteiger partial charge is 0.351 e. The summed E-state index contributed by atoms with van der Waals surface area (Å²) in [6.45, 7) is 0. The molecule has 144 valence electrons. The summed E-state index contributed by atoms with van der Waals surface area (Å²) in [6, 6.07) is 6.97. The molecule has 2 amide bonds. The van der Waals surface area contributed by atoms with E-state index < -0.39 is 27.7 Å². The number of urea groups is 1. The maximum Gasteiger partial charge on any atom is 0.417 e. The number of anilines is 2. The molecule has 0 radical (unpaired) electrons. The molecule has 0 atom stereocenters. The average Bonchev–Trinajstić information content (AvgIpc) is 2.60. The molecule has 0 saturated carbocycles. The number of carbonyl (C=O) groups is 1. The number of hydrogen-bond donors (Lipinski definition) is 1. The van der Waals surface area contributed by atoms with Crippen molar-refractivity contribution in [2.24, 2.45) is 5.73 Å². The van der Waals surface area contributed by atoms with E-state index in [1.165, 1.54) is 30.5 Å². The Kier molecular flexibility index (Phi) is 4.82. The fourth-order valence-corrected chi connectivity index (χ4v) is 3.05. The molecule has 0 bridgehead atoms. The Morgan fingerprint density at radius 3 is 2.50 bits per heavy atom. The molecular weight excluding hydrogens is 401 g/mol. The van der Waals surface area contributed by atoms with Crippen molar-refractivity contribution in [2.75, 3.05) is 4.90 Å². The molecule has 28 heavy (non-hydrogen) atoms. The number of nitrogens with two attached hydrogens (primary N) is 1. The third kappa shape index (κ3) is 3.41. The molecule has 3 aromatic rings. The van der Waals surface area contributed by atoms with E-state index in [0.717, 1.165) is 17.0 Å². The van der Waals surface area contributed by atoms with Crippen molar-refractivity contribution >= 4 is 45.6 Å². The Hall–Kier alpha value is -3.40. The van der Waals surface area contributed by atoms with E-state index >= 15 is 0 Å². The molecule has 0 unspecified atom stereocenters. The van der Waals surface area contributed by atoms with Crippen LogP contribution in [-0.4, -0.2) is 15.9 Å². The van der Waals surface area contributed by atoms with Crippen molar-refractivity contribution < 1.29 is 22.9 Å². The number of primary amides is 1. The number of nitrogens with zero attached hydrogens (tertiary/aromatic N) is 3. The molecule has 3 rings (SSSR count). The van der Waals surface area contributed by atoms with Gasteiger partial charge in [-0.1, -0.05) is 17.7 Å². The van der Waals surface area contributed by atoms with Gasteiger partial charge >= 0.3 is 12.2 Å². The van der Waals surface area contributed by atoms with E-state index in [9.17, 15) is 28.1 Å². The molecule has 0 fully saturated rings. The molecule has 0 saturated heterocycles. The van der Waals surface area contributed by atoms with E-state index in [2.05, 4.69) is 4.98 Å². The van der Waals surface area contributed by atoms with Gasteiger partial charge in [0.15, 0.2) is 0 Å². The van der Waals surface area contributed by atoms with Gasteiger partial charge in [-0.25, -0.2) is 4.79 Å². The second-order valence-corrected chi connectivity index (χ2v) is 6.00. The number of aromatic nitrogens is 1. The zero-order valence-electron chi connectivity index (χ0n) is 13.8. The van der Waals surface area contributed by atoms with Crippen LogP contribution in [0.25, 0.3) is 10.9 Å². The number of non-ortho nitro benzene ring substituents is 1. The number of carbonyl (C=O) groups excluding carboxylic acids is 1. The predicted molar refractivity (Wildman–Crippen MR) is 96.6 cm³/mol. The number of hydrogen-bond acceptors (Lipinski definition) is 4. The zero-order valence-corrected chi connectivity index (χ0v) is 14.5. The highest BCUT2D eigenvalue weighted by Gasteiger charge is 2.34. The van der Waals surface area contributed by atoms with Gasteiger partial charge in [0.25, 0.3) is 5.69 Å². The van der Waals surface area contributed by atoms with Crippen molar-refractivity contribution in [1.82, 2.24) is 4.98 Å².